The Morgan fingerprint density at radius 3 is 2.48 bits per heavy atom. The van der Waals surface area contributed by atoms with Crippen LogP contribution in [0.3, 0.4) is 0 Å². The molecule has 4 rings (SSSR count). The number of hydrogen-bond donors (Lipinski definition) is 0. The van der Waals surface area contributed by atoms with Crippen LogP contribution in [0.4, 0.5) is 5.69 Å². The molecule has 1 atom stereocenters. The van der Waals surface area contributed by atoms with Gasteiger partial charge in [-0.15, -0.1) is 0 Å². The van der Waals surface area contributed by atoms with E-state index in [2.05, 4.69) is 14.9 Å². The molecule has 6 heteroatoms. The Labute approximate surface area is 172 Å². The van der Waals surface area contributed by atoms with Crippen molar-refractivity contribution in [3.63, 3.8) is 0 Å². The van der Waals surface area contributed by atoms with E-state index in [0.29, 0.717) is 19.0 Å². The Morgan fingerprint density at radius 2 is 1.76 bits per heavy atom. The monoisotopic (exact) mass is 394 g/mol. The van der Waals surface area contributed by atoms with Gasteiger partial charge in [0.25, 0.3) is 5.56 Å². The Bertz CT molecular complexity index is 872. The largest absolute Gasteiger partial charge is 0.369 e. The van der Waals surface area contributed by atoms with Gasteiger partial charge in [-0.2, -0.15) is 5.10 Å². The second-order valence-corrected chi connectivity index (χ2v) is 8.22. The number of carbonyl (C=O) groups is 1. The molecule has 29 heavy (non-hydrogen) atoms. The quantitative estimate of drug-likeness (QED) is 0.800. The van der Waals surface area contributed by atoms with Crippen molar-refractivity contribution in [2.24, 2.45) is 5.92 Å². The molecule has 0 radical (unpaired) electrons. The smallest absolute Gasteiger partial charge is 0.269 e. The van der Waals surface area contributed by atoms with E-state index < -0.39 is 0 Å². The van der Waals surface area contributed by atoms with Gasteiger partial charge in [-0.1, -0.05) is 43.2 Å². The van der Waals surface area contributed by atoms with Crippen LogP contribution in [0, 0.1) is 5.92 Å². The van der Waals surface area contributed by atoms with Crippen molar-refractivity contribution < 1.29 is 4.79 Å². The predicted molar refractivity (Wildman–Crippen MR) is 114 cm³/mol. The predicted octanol–water partition coefficient (Wildman–Crippen LogP) is 2.91. The summed E-state index contributed by atoms with van der Waals surface area (Å²) in [5.74, 6) is 0.315. The summed E-state index contributed by atoms with van der Waals surface area (Å²) >= 11 is 0. The maximum atomic E-state index is 13.0. The summed E-state index contributed by atoms with van der Waals surface area (Å²) in [6, 6.07) is 11.5. The summed E-state index contributed by atoms with van der Waals surface area (Å²) in [6.07, 6.45) is 8.36. The first-order valence-corrected chi connectivity index (χ1v) is 10.9. The van der Waals surface area contributed by atoms with Gasteiger partial charge in [0.05, 0.1) is 24.3 Å². The highest BCUT2D eigenvalue weighted by Gasteiger charge is 2.30. The lowest BCUT2D eigenvalue weighted by molar-refractivity contribution is -0.135. The zero-order valence-electron chi connectivity index (χ0n) is 17.0. The maximum absolute atomic E-state index is 13.0. The van der Waals surface area contributed by atoms with Crippen molar-refractivity contribution in [1.29, 1.82) is 0 Å². The summed E-state index contributed by atoms with van der Waals surface area (Å²) in [4.78, 5) is 29.8. The van der Waals surface area contributed by atoms with Crippen molar-refractivity contribution in [3.8, 4) is 0 Å². The Morgan fingerprint density at radius 1 is 1.00 bits per heavy atom. The molecule has 0 unspecified atom stereocenters. The number of benzene rings is 1. The van der Waals surface area contributed by atoms with Gasteiger partial charge < -0.3 is 9.80 Å². The topological polar surface area (TPSA) is 58.4 Å². The molecule has 154 valence electrons. The first kappa shape index (κ1) is 19.7. The number of rotatable bonds is 4. The lowest BCUT2D eigenvalue weighted by atomic mass is 9.96. The van der Waals surface area contributed by atoms with Crippen molar-refractivity contribution in [1.82, 2.24) is 14.7 Å². The molecule has 2 saturated heterocycles. The minimum Gasteiger partial charge on any atom is -0.369 e. The van der Waals surface area contributed by atoms with Gasteiger partial charge in [0.2, 0.25) is 5.91 Å². The fraction of sp³-hybridized carbons (Fsp3) is 0.522. The first-order chi connectivity index (χ1) is 14.2. The van der Waals surface area contributed by atoms with Crippen molar-refractivity contribution >= 4 is 11.6 Å². The SMILES string of the molecule is O=C([C@@H]1CCCN(c2cnn(Cc3ccccc3)c(=O)c2)C1)N1CCCCCC1. The summed E-state index contributed by atoms with van der Waals surface area (Å²) < 4.78 is 1.49. The van der Waals surface area contributed by atoms with E-state index >= 15 is 0 Å². The van der Waals surface area contributed by atoms with E-state index in [1.54, 1.807) is 12.3 Å². The van der Waals surface area contributed by atoms with Gasteiger partial charge >= 0.3 is 0 Å². The number of carbonyl (C=O) groups excluding carboxylic acids is 1. The maximum Gasteiger partial charge on any atom is 0.269 e. The third-order valence-corrected chi connectivity index (χ3v) is 6.08. The molecule has 2 aliphatic rings. The number of aromatic nitrogens is 2. The van der Waals surface area contributed by atoms with E-state index in [4.69, 9.17) is 0 Å². The molecular weight excluding hydrogens is 364 g/mol. The zero-order chi connectivity index (χ0) is 20.1. The standard InChI is InChI=1S/C23H30N4O2/c28-22-15-21(16-24-27(22)17-19-9-4-3-5-10-19)26-14-8-11-20(18-26)23(29)25-12-6-1-2-7-13-25/h3-5,9-10,15-16,20H,1-2,6-8,11-14,17-18H2/t20-/m1/s1. The van der Waals surface area contributed by atoms with Gasteiger partial charge in [-0.25, -0.2) is 4.68 Å². The molecule has 1 aromatic carbocycles. The van der Waals surface area contributed by atoms with Crippen molar-refractivity contribution in [2.45, 2.75) is 45.1 Å². The molecule has 0 spiro atoms. The molecule has 2 aromatic rings. The van der Waals surface area contributed by atoms with Gasteiger partial charge in [-0.3, -0.25) is 9.59 Å². The van der Waals surface area contributed by atoms with Gasteiger partial charge in [0.1, 0.15) is 0 Å². The number of nitrogens with zero attached hydrogens (tertiary/aromatic N) is 4. The van der Waals surface area contributed by atoms with Crippen LogP contribution in [0.5, 0.6) is 0 Å². The average molecular weight is 395 g/mol. The first-order valence-electron chi connectivity index (χ1n) is 10.9. The van der Waals surface area contributed by atoms with Crippen LogP contribution in [0.2, 0.25) is 0 Å². The highest BCUT2D eigenvalue weighted by atomic mass is 16.2. The molecule has 2 aliphatic heterocycles. The number of anilines is 1. The molecule has 1 aromatic heterocycles. The Hall–Kier alpha value is -2.63. The molecule has 0 aliphatic carbocycles. The van der Waals surface area contributed by atoms with Crippen LogP contribution in [0.15, 0.2) is 47.4 Å². The van der Waals surface area contributed by atoms with Crippen LogP contribution in [-0.2, 0) is 11.3 Å². The van der Waals surface area contributed by atoms with Gasteiger partial charge in [-0.05, 0) is 31.2 Å². The van der Waals surface area contributed by atoms with E-state index in [0.717, 1.165) is 56.6 Å². The van der Waals surface area contributed by atoms with Crippen molar-refractivity contribution in [3.05, 3.63) is 58.5 Å². The Balaban J connectivity index is 1.43. The highest BCUT2D eigenvalue weighted by Crippen LogP contribution is 2.24. The third-order valence-electron chi connectivity index (χ3n) is 6.08. The molecule has 2 fully saturated rings. The molecule has 1 amide bonds. The molecule has 0 N–H and O–H groups in total. The fourth-order valence-corrected chi connectivity index (χ4v) is 4.43. The number of hydrogen-bond acceptors (Lipinski definition) is 4. The second-order valence-electron chi connectivity index (χ2n) is 8.22. The summed E-state index contributed by atoms with van der Waals surface area (Å²) in [5.41, 5.74) is 1.77. The fourth-order valence-electron chi connectivity index (χ4n) is 4.43. The second kappa shape index (κ2) is 9.25. The number of piperidine rings is 1. The van der Waals surface area contributed by atoms with E-state index in [9.17, 15) is 9.59 Å². The zero-order valence-corrected chi connectivity index (χ0v) is 17.0. The highest BCUT2D eigenvalue weighted by molar-refractivity contribution is 5.79. The van der Waals surface area contributed by atoms with Gasteiger partial charge in [0.15, 0.2) is 0 Å². The van der Waals surface area contributed by atoms with Gasteiger partial charge in [0, 0.05) is 32.2 Å². The van der Waals surface area contributed by atoms with E-state index in [1.165, 1.54) is 17.5 Å². The molecule has 3 heterocycles. The molecule has 0 saturated carbocycles. The summed E-state index contributed by atoms with van der Waals surface area (Å²) in [7, 11) is 0. The summed E-state index contributed by atoms with van der Waals surface area (Å²) in [6.45, 7) is 3.81. The summed E-state index contributed by atoms with van der Waals surface area (Å²) in [5, 5.41) is 4.39. The van der Waals surface area contributed by atoms with Crippen LogP contribution in [0.1, 0.15) is 44.1 Å². The van der Waals surface area contributed by atoms with Crippen LogP contribution < -0.4 is 10.5 Å². The van der Waals surface area contributed by atoms with Crippen LogP contribution in [0.25, 0.3) is 0 Å². The minimum atomic E-state index is -0.104. The average Bonchev–Trinajstić information content (AvgIpc) is 3.05. The number of amides is 1. The number of likely N-dealkylation sites (tertiary alicyclic amines) is 1. The molecule has 0 bridgehead atoms. The van der Waals surface area contributed by atoms with E-state index in [-0.39, 0.29) is 11.5 Å². The Kier molecular flexibility index (Phi) is 6.27. The molecule has 6 nitrogen and oxygen atoms in total. The van der Waals surface area contributed by atoms with Crippen LogP contribution >= 0.6 is 0 Å². The lowest BCUT2D eigenvalue weighted by Crippen LogP contribution is -2.45. The third kappa shape index (κ3) is 4.86. The minimum absolute atomic E-state index is 0.0219. The van der Waals surface area contributed by atoms with Crippen LogP contribution in [-0.4, -0.2) is 46.8 Å². The normalized spacial score (nSPS) is 20.3. The lowest BCUT2D eigenvalue weighted by Gasteiger charge is -2.35. The van der Waals surface area contributed by atoms with Crippen molar-refractivity contribution in [2.75, 3.05) is 31.1 Å². The molecular formula is C23H30N4O2. The van der Waals surface area contributed by atoms with E-state index in [1.807, 2.05) is 30.3 Å².